The number of rotatable bonds is 5. The third-order valence-electron chi connectivity index (χ3n) is 3.08. The first-order chi connectivity index (χ1) is 7.17. The summed E-state index contributed by atoms with van der Waals surface area (Å²) < 4.78 is 5.17. The zero-order chi connectivity index (χ0) is 11.3. The van der Waals surface area contributed by atoms with Crippen molar-refractivity contribution in [3.8, 4) is 0 Å². The summed E-state index contributed by atoms with van der Waals surface area (Å²) in [5, 5.41) is 0. The summed E-state index contributed by atoms with van der Waals surface area (Å²) in [5.41, 5.74) is 5.81. The maximum Gasteiger partial charge on any atom is 0.0500 e. The zero-order valence-electron chi connectivity index (χ0n) is 10.3. The van der Waals surface area contributed by atoms with E-state index in [1.807, 2.05) is 0 Å². The number of hydrogen-bond acceptors (Lipinski definition) is 4. The minimum absolute atomic E-state index is 0.517. The van der Waals surface area contributed by atoms with Gasteiger partial charge in [-0.1, -0.05) is 6.92 Å². The smallest absolute Gasteiger partial charge is 0.0500 e. The number of nitrogens with two attached hydrogens (primary N) is 1. The summed E-state index contributed by atoms with van der Waals surface area (Å²) >= 11 is 0. The van der Waals surface area contributed by atoms with Gasteiger partial charge in [0.2, 0.25) is 0 Å². The van der Waals surface area contributed by atoms with Gasteiger partial charge in [-0.25, -0.2) is 0 Å². The monoisotopic (exact) mass is 215 g/mol. The third kappa shape index (κ3) is 4.07. The van der Waals surface area contributed by atoms with E-state index < -0.39 is 0 Å². The summed E-state index contributed by atoms with van der Waals surface area (Å²) in [6.45, 7) is 8.30. The van der Waals surface area contributed by atoms with E-state index in [-0.39, 0.29) is 0 Å². The number of ether oxygens (including phenoxy) is 1. The molecule has 0 aromatic heterocycles. The Hall–Kier alpha value is -0.160. The van der Waals surface area contributed by atoms with Crippen LogP contribution in [0, 0.1) is 5.92 Å². The van der Waals surface area contributed by atoms with E-state index in [0.29, 0.717) is 12.0 Å². The van der Waals surface area contributed by atoms with Crippen LogP contribution in [0.2, 0.25) is 0 Å². The quantitative estimate of drug-likeness (QED) is 0.692. The van der Waals surface area contributed by atoms with E-state index in [0.717, 1.165) is 39.3 Å². The van der Waals surface area contributed by atoms with Gasteiger partial charge in [0.05, 0.1) is 0 Å². The molecule has 1 rings (SSSR count). The third-order valence-corrected chi connectivity index (χ3v) is 3.08. The van der Waals surface area contributed by atoms with Crippen LogP contribution in [0.1, 0.15) is 6.92 Å². The number of piperazine rings is 1. The lowest BCUT2D eigenvalue weighted by molar-refractivity contribution is 0.0623. The van der Waals surface area contributed by atoms with Gasteiger partial charge in [0.1, 0.15) is 0 Å². The van der Waals surface area contributed by atoms with Gasteiger partial charge < -0.3 is 15.4 Å². The van der Waals surface area contributed by atoms with Crippen molar-refractivity contribution in [1.29, 1.82) is 0 Å². The fourth-order valence-electron chi connectivity index (χ4n) is 2.25. The van der Waals surface area contributed by atoms with Crippen LogP contribution >= 0.6 is 0 Å². The molecule has 0 radical (unpaired) electrons. The lowest BCUT2D eigenvalue weighted by Gasteiger charge is -2.40. The Kier molecular flexibility index (Phi) is 5.53. The second-order valence-electron chi connectivity index (χ2n) is 4.71. The number of hydrogen-bond donors (Lipinski definition) is 1. The molecule has 0 amide bonds. The number of likely N-dealkylation sites (N-methyl/N-ethyl adjacent to an activating group) is 1. The molecule has 4 heteroatoms. The minimum atomic E-state index is 0.517. The Morgan fingerprint density at radius 1 is 1.47 bits per heavy atom. The van der Waals surface area contributed by atoms with Gasteiger partial charge in [-0.3, -0.25) is 4.90 Å². The topological polar surface area (TPSA) is 41.7 Å². The van der Waals surface area contributed by atoms with Crippen LogP contribution in [0.25, 0.3) is 0 Å². The van der Waals surface area contributed by atoms with Crippen LogP contribution in [-0.4, -0.2) is 69.3 Å². The summed E-state index contributed by atoms with van der Waals surface area (Å²) in [5.74, 6) is 0.590. The predicted molar refractivity (Wildman–Crippen MR) is 63.0 cm³/mol. The molecular weight excluding hydrogens is 190 g/mol. The average molecular weight is 215 g/mol. The van der Waals surface area contributed by atoms with Crippen molar-refractivity contribution in [2.24, 2.45) is 11.7 Å². The van der Waals surface area contributed by atoms with Crippen molar-refractivity contribution in [1.82, 2.24) is 9.80 Å². The molecular formula is C11H25N3O. The van der Waals surface area contributed by atoms with Gasteiger partial charge in [-0.2, -0.15) is 0 Å². The molecule has 90 valence electrons. The van der Waals surface area contributed by atoms with Crippen molar-refractivity contribution < 1.29 is 4.74 Å². The van der Waals surface area contributed by atoms with Crippen LogP contribution in [-0.2, 0) is 4.74 Å². The first-order valence-electron chi connectivity index (χ1n) is 5.79. The van der Waals surface area contributed by atoms with Crippen LogP contribution in [0.3, 0.4) is 0 Å². The van der Waals surface area contributed by atoms with E-state index in [4.69, 9.17) is 10.5 Å². The zero-order valence-corrected chi connectivity index (χ0v) is 10.3. The highest BCUT2D eigenvalue weighted by Gasteiger charge is 2.24. The second-order valence-corrected chi connectivity index (χ2v) is 4.71. The SMILES string of the molecule is COCC(C)CN1CCN(C)CC1CN. The second kappa shape index (κ2) is 6.43. The fourth-order valence-corrected chi connectivity index (χ4v) is 2.25. The van der Waals surface area contributed by atoms with Crippen LogP contribution in [0.4, 0.5) is 0 Å². The van der Waals surface area contributed by atoms with Gasteiger partial charge in [0, 0.05) is 52.5 Å². The highest BCUT2D eigenvalue weighted by Crippen LogP contribution is 2.10. The molecule has 0 aliphatic carbocycles. The van der Waals surface area contributed by atoms with Gasteiger partial charge in [0.15, 0.2) is 0 Å². The largest absolute Gasteiger partial charge is 0.384 e. The molecule has 1 fully saturated rings. The molecule has 0 bridgehead atoms. The maximum absolute atomic E-state index is 5.81. The first-order valence-corrected chi connectivity index (χ1v) is 5.79. The predicted octanol–water partition coefficient (Wildman–Crippen LogP) is -0.156. The molecule has 0 aromatic carbocycles. The Morgan fingerprint density at radius 3 is 2.80 bits per heavy atom. The molecule has 4 nitrogen and oxygen atoms in total. The molecule has 0 saturated carbocycles. The average Bonchev–Trinajstić information content (AvgIpc) is 2.21. The molecule has 0 aromatic rings. The molecule has 15 heavy (non-hydrogen) atoms. The highest BCUT2D eigenvalue weighted by molar-refractivity contribution is 4.82. The number of nitrogens with zero attached hydrogens (tertiary/aromatic N) is 2. The minimum Gasteiger partial charge on any atom is -0.384 e. The van der Waals surface area contributed by atoms with Crippen LogP contribution in [0.5, 0.6) is 0 Å². The Bertz CT molecular complexity index is 177. The van der Waals surface area contributed by atoms with E-state index in [1.54, 1.807) is 7.11 Å². The Labute approximate surface area is 93.4 Å². The lowest BCUT2D eigenvalue weighted by atomic mass is 10.1. The normalized spacial score (nSPS) is 26.8. The summed E-state index contributed by atoms with van der Waals surface area (Å²) in [6, 6.07) is 0.517. The molecule has 1 saturated heterocycles. The molecule has 2 atom stereocenters. The maximum atomic E-state index is 5.81. The molecule has 2 unspecified atom stereocenters. The number of methoxy groups -OCH3 is 1. The molecule has 1 heterocycles. The molecule has 0 spiro atoms. The van der Waals surface area contributed by atoms with E-state index in [2.05, 4.69) is 23.8 Å². The molecule has 1 aliphatic heterocycles. The van der Waals surface area contributed by atoms with Gasteiger partial charge in [-0.15, -0.1) is 0 Å². The summed E-state index contributed by atoms with van der Waals surface area (Å²) in [7, 11) is 3.93. The fraction of sp³-hybridized carbons (Fsp3) is 1.00. The summed E-state index contributed by atoms with van der Waals surface area (Å²) in [6.07, 6.45) is 0. The first kappa shape index (κ1) is 12.9. The highest BCUT2D eigenvalue weighted by atomic mass is 16.5. The Balaban J connectivity index is 2.38. The van der Waals surface area contributed by atoms with E-state index >= 15 is 0 Å². The van der Waals surface area contributed by atoms with Crippen molar-refractivity contribution in [3.05, 3.63) is 0 Å². The van der Waals surface area contributed by atoms with Crippen LogP contribution < -0.4 is 5.73 Å². The van der Waals surface area contributed by atoms with E-state index in [9.17, 15) is 0 Å². The van der Waals surface area contributed by atoms with Crippen molar-refractivity contribution in [2.75, 3.05) is 53.5 Å². The van der Waals surface area contributed by atoms with E-state index in [1.165, 1.54) is 0 Å². The van der Waals surface area contributed by atoms with Crippen molar-refractivity contribution in [2.45, 2.75) is 13.0 Å². The van der Waals surface area contributed by atoms with Gasteiger partial charge >= 0.3 is 0 Å². The Morgan fingerprint density at radius 2 is 2.20 bits per heavy atom. The van der Waals surface area contributed by atoms with Gasteiger partial charge in [-0.05, 0) is 13.0 Å². The van der Waals surface area contributed by atoms with Gasteiger partial charge in [0.25, 0.3) is 0 Å². The molecule has 2 N–H and O–H groups in total. The van der Waals surface area contributed by atoms with Crippen LogP contribution in [0.15, 0.2) is 0 Å². The molecule has 1 aliphatic rings. The van der Waals surface area contributed by atoms with Crippen molar-refractivity contribution >= 4 is 0 Å². The lowest BCUT2D eigenvalue weighted by Crippen LogP contribution is -2.55. The van der Waals surface area contributed by atoms with Crippen molar-refractivity contribution in [3.63, 3.8) is 0 Å². The summed E-state index contributed by atoms with van der Waals surface area (Å²) in [4.78, 5) is 4.86. The standard InChI is InChI=1S/C11H25N3O/c1-10(9-15-3)7-14-5-4-13(2)8-11(14)6-12/h10-11H,4-9,12H2,1-3H3.